The third-order valence-corrected chi connectivity index (χ3v) is 4.48. The third-order valence-electron chi connectivity index (χ3n) is 4.48. The maximum atomic E-state index is 13.0. The highest BCUT2D eigenvalue weighted by Crippen LogP contribution is 2.36. The fourth-order valence-electron chi connectivity index (χ4n) is 3.22. The van der Waals surface area contributed by atoms with Gasteiger partial charge in [0.05, 0.1) is 19.3 Å². The van der Waals surface area contributed by atoms with Gasteiger partial charge in [0.1, 0.15) is 0 Å². The molecule has 27 heavy (non-hydrogen) atoms. The van der Waals surface area contributed by atoms with Crippen molar-refractivity contribution in [2.75, 3.05) is 25.2 Å². The Balaban J connectivity index is 1.93. The van der Waals surface area contributed by atoms with Crippen LogP contribution in [0.4, 0.5) is 18.9 Å². The summed E-state index contributed by atoms with van der Waals surface area (Å²) in [5, 5.41) is 0. The first-order valence-corrected chi connectivity index (χ1v) is 8.68. The first kappa shape index (κ1) is 19.1. The number of hydrogen-bond donors (Lipinski definition) is 0. The van der Waals surface area contributed by atoms with E-state index in [1.54, 1.807) is 18.2 Å². The minimum atomic E-state index is -4.40. The molecule has 0 atom stereocenters. The minimum absolute atomic E-state index is 0.281. The molecule has 0 N–H and O–H groups in total. The van der Waals surface area contributed by atoms with E-state index in [-0.39, 0.29) is 5.91 Å². The molecule has 1 amide bonds. The molecule has 0 spiro atoms. The van der Waals surface area contributed by atoms with E-state index in [2.05, 4.69) is 0 Å². The number of amides is 1. The molecule has 2 aromatic rings. The van der Waals surface area contributed by atoms with Crippen LogP contribution in [-0.2, 0) is 12.6 Å². The Morgan fingerprint density at radius 1 is 1.15 bits per heavy atom. The van der Waals surface area contributed by atoms with Crippen LogP contribution >= 0.6 is 0 Å². The van der Waals surface area contributed by atoms with Crippen molar-refractivity contribution >= 4 is 11.6 Å². The van der Waals surface area contributed by atoms with Crippen molar-refractivity contribution < 1.29 is 27.4 Å². The van der Waals surface area contributed by atoms with Gasteiger partial charge in [0.25, 0.3) is 5.91 Å². The van der Waals surface area contributed by atoms with E-state index in [0.29, 0.717) is 54.3 Å². The first-order valence-electron chi connectivity index (χ1n) is 8.68. The molecule has 1 aliphatic heterocycles. The lowest BCUT2D eigenvalue weighted by molar-refractivity contribution is -0.137. The highest BCUT2D eigenvalue weighted by molar-refractivity contribution is 6.07. The first-order chi connectivity index (χ1) is 12.8. The number of carbonyl (C=O) groups is 1. The van der Waals surface area contributed by atoms with Gasteiger partial charge in [-0.05, 0) is 61.7 Å². The van der Waals surface area contributed by atoms with Gasteiger partial charge >= 0.3 is 6.18 Å². The Labute approximate surface area is 155 Å². The second kappa shape index (κ2) is 7.50. The second-order valence-electron chi connectivity index (χ2n) is 6.20. The molecule has 0 fully saturated rings. The van der Waals surface area contributed by atoms with Crippen LogP contribution < -0.4 is 14.4 Å². The van der Waals surface area contributed by atoms with Crippen LogP contribution in [0, 0.1) is 0 Å². The SMILES string of the molecule is CCOc1ccc(C(=O)N2CCCc3cc(C(F)(F)F)ccc32)cc1OC. The number of nitrogens with zero attached hydrogens (tertiary/aromatic N) is 1. The van der Waals surface area contributed by atoms with E-state index in [9.17, 15) is 18.0 Å². The van der Waals surface area contributed by atoms with Crippen molar-refractivity contribution in [3.8, 4) is 11.5 Å². The zero-order valence-electron chi connectivity index (χ0n) is 15.1. The van der Waals surface area contributed by atoms with E-state index in [0.717, 1.165) is 12.1 Å². The van der Waals surface area contributed by atoms with Gasteiger partial charge in [-0.1, -0.05) is 0 Å². The zero-order chi connectivity index (χ0) is 19.6. The van der Waals surface area contributed by atoms with Gasteiger partial charge in [-0.2, -0.15) is 13.2 Å². The molecule has 144 valence electrons. The number of methoxy groups -OCH3 is 1. The molecule has 0 bridgehead atoms. The summed E-state index contributed by atoms with van der Waals surface area (Å²) in [6.45, 7) is 2.76. The van der Waals surface area contributed by atoms with E-state index >= 15 is 0 Å². The lowest BCUT2D eigenvalue weighted by Gasteiger charge is -2.30. The predicted octanol–water partition coefficient (Wildman–Crippen LogP) is 4.71. The summed E-state index contributed by atoms with van der Waals surface area (Å²) >= 11 is 0. The van der Waals surface area contributed by atoms with Crippen molar-refractivity contribution in [3.63, 3.8) is 0 Å². The van der Waals surface area contributed by atoms with E-state index in [1.807, 2.05) is 6.92 Å². The van der Waals surface area contributed by atoms with Crippen molar-refractivity contribution in [3.05, 3.63) is 53.1 Å². The molecule has 1 aliphatic rings. The molecule has 0 saturated heterocycles. The van der Waals surface area contributed by atoms with Crippen LogP contribution in [0.5, 0.6) is 11.5 Å². The van der Waals surface area contributed by atoms with Gasteiger partial charge in [-0.3, -0.25) is 4.79 Å². The maximum Gasteiger partial charge on any atom is 0.416 e. The Hall–Kier alpha value is -2.70. The van der Waals surface area contributed by atoms with E-state index in [1.165, 1.54) is 18.1 Å². The lowest BCUT2D eigenvalue weighted by atomic mass is 9.98. The van der Waals surface area contributed by atoms with Gasteiger partial charge < -0.3 is 14.4 Å². The summed E-state index contributed by atoms with van der Waals surface area (Å²) in [7, 11) is 1.49. The Bertz CT molecular complexity index is 849. The maximum absolute atomic E-state index is 13.0. The number of benzene rings is 2. The summed E-state index contributed by atoms with van der Waals surface area (Å²) in [6, 6.07) is 8.41. The Kier molecular flexibility index (Phi) is 5.30. The van der Waals surface area contributed by atoms with Crippen LogP contribution in [-0.4, -0.2) is 26.2 Å². The number of anilines is 1. The van der Waals surface area contributed by atoms with Gasteiger partial charge in [0, 0.05) is 17.8 Å². The number of halogens is 3. The van der Waals surface area contributed by atoms with Crippen LogP contribution in [0.15, 0.2) is 36.4 Å². The van der Waals surface area contributed by atoms with Crippen molar-refractivity contribution in [2.45, 2.75) is 25.9 Å². The minimum Gasteiger partial charge on any atom is -0.493 e. The average Bonchev–Trinajstić information content (AvgIpc) is 2.66. The largest absolute Gasteiger partial charge is 0.493 e. The van der Waals surface area contributed by atoms with Crippen molar-refractivity contribution in [1.82, 2.24) is 0 Å². The summed E-state index contributed by atoms with van der Waals surface area (Å²) in [5.74, 6) is 0.690. The molecule has 4 nitrogen and oxygen atoms in total. The Morgan fingerprint density at radius 3 is 2.59 bits per heavy atom. The number of carbonyl (C=O) groups excluding carboxylic acids is 1. The highest BCUT2D eigenvalue weighted by Gasteiger charge is 2.33. The van der Waals surface area contributed by atoms with Crippen molar-refractivity contribution in [2.24, 2.45) is 0 Å². The van der Waals surface area contributed by atoms with Gasteiger partial charge in [0.2, 0.25) is 0 Å². The molecule has 3 rings (SSSR count). The Morgan fingerprint density at radius 2 is 1.93 bits per heavy atom. The van der Waals surface area contributed by atoms with E-state index in [4.69, 9.17) is 9.47 Å². The number of aryl methyl sites for hydroxylation is 1. The predicted molar refractivity (Wildman–Crippen MR) is 95.6 cm³/mol. The third kappa shape index (κ3) is 3.86. The number of rotatable bonds is 4. The number of fused-ring (bicyclic) bond motifs is 1. The summed E-state index contributed by atoms with van der Waals surface area (Å²) in [4.78, 5) is 14.5. The van der Waals surface area contributed by atoms with E-state index < -0.39 is 11.7 Å². The molecule has 7 heteroatoms. The number of alkyl halides is 3. The van der Waals surface area contributed by atoms with Crippen LogP contribution in [0.1, 0.15) is 34.8 Å². The van der Waals surface area contributed by atoms with Crippen LogP contribution in [0.3, 0.4) is 0 Å². The number of hydrogen-bond acceptors (Lipinski definition) is 3. The normalized spacial score (nSPS) is 13.9. The zero-order valence-corrected chi connectivity index (χ0v) is 15.1. The molecular weight excluding hydrogens is 359 g/mol. The molecule has 0 aliphatic carbocycles. The summed E-state index contributed by atoms with van der Waals surface area (Å²) < 4.78 is 49.6. The van der Waals surface area contributed by atoms with Crippen LogP contribution in [0.2, 0.25) is 0 Å². The number of ether oxygens (including phenoxy) is 2. The summed E-state index contributed by atoms with van der Waals surface area (Å²) in [6.07, 6.45) is -3.28. The fraction of sp³-hybridized carbons (Fsp3) is 0.350. The molecule has 2 aromatic carbocycles. The lowest BCUT2D eigenvalue weighted by Crippen LogP contribution is -2.35. The highest BCUT2D eigenvalue weighted by atomic mass is 19.4. The molecule has 0 unspecified atom stereocenters. The molecular formula is C20H20F3NO3. The van der Waals surface area contributed by atoms with Gasteiger partial charge in [-0.25, -0.2) is 0 Å². The smallest absolute Gasteiger partial charge is 0.416 e. The van der Waals surface area contributed by atoms with Crippen LogP contribution in [0.25, 0.3) is 0 Å². The summed E-state index contributed by atoms with van der Waals surface area (Å²) in [5.41, 5.74) is 0.746. The average molecular weight is 379 g/mol. The molecule has 0 radical (unpaired) electrons. The standard InChI is InChI=1S/C20H20F3NO3/c1-3-27-17-9-6-14(12-18(17)26-2)19(25)24-10-4-5-13-11-15(20(21,22)23)7-8-16(13)24/h6-9,11-12H,3-5,10H2,1-2H3. The second-order valence-corrected chi connectivity index (χ2v) is 6.20. The van der Waals surface area contributed by atoms with Crippen molar-refractivity contribution in [1.29, 1.82) is 0 Å². The quantitative estimate of drug-likeness (QED) is 0.773. The molecule has 1 heterocycles. The fourth-order valence-corrected chi connectivity index (χ4v) is 3.22. The molecule has 0 aromatic heterocycles. The van der Waals surface area contributed by atoms with Gasteiger partial charge in [0.15, 0.2) is 11.5 Å². The molecule has 0 saturated carbocycles. The van der Waals surface area contributed by atoms with Gasteiger partial charge in [-0.15, -0.1) is 0 Å². The monoisotopic (exact) mass is 379 g/mol. The topological polar surface area (TPSA) is 38.8 Å².